The first-order valence-corrected chi connectivity index (χ1v) is 12.2. The quantitative estimate of drug-likeness (QED) is 0.776. The first-order chi connectivity index (χ1) is 13.9. The minimum absolute atomic E-state index is 0.109. The summed E-state index contributed by atoms with van der Waals surface area (Å²) in [5.74, 6) is 0.996. The Morgan fingerprint density at radius 1 is 1.03 bits per heavy atom. The third-order valence-corrected chi connectivity index (χ3v) is 8.86. The molecule has 0 spiro atoms. The number of hydrogen-bond donors (Lipinski definition) is 1. The summed E-state index contributed by atoms with van der Waals surface area (Å²) in [6, 6.07) is 5.45. The Bertz CT molecular complexity index is 839. The van der Waals surface area contributed by atoms with Gasteiger partial charge in [0.25, 0.3) is 5.91 Å². The van der Waals surface area contributed by atoms with Crippen LogP contribution in [0.5, 0.6) is 0 Å². The molecule has 3 atom stereocenters. The van der Waals surface area contributed by atoms with Crippen molar-refractivity contribution in [2.75, 3.05) is 45.8 Å². The van der Waals surface area contributed by atoms with Crippen molar-refractivity contribution in [1.29, 1.82) is 0 Å². The number of quaternary nitrogens is 1. The van der Waals surface area contributed by atoms with Gasteiger partial charge < -0.3 is 9.80 Å². The van der Waals surface area contributed by atoms with Gasteiger partial charge in [-0.25, -0.2) is 12.8 Å². The van der Waals surface area contributed by atoms with Gasteiger partial charge in [0.15, 0.2) is 6.54 Å². The SMILES string of the molecule is O=C(C[NH+]1CC[C@@H]2CCCC[C@@H]2C1)N1CCN(S(=O)(=O)c2ccccc2F)CC1. The van der Waals surface area contributed by atoms with Gasteiger partial charge in [-0.15, -0.1) is 0 Å². The van der Waals surface area contributed by atoms with E-state index < -0.39 is 15.8 Å². The van der Waals surface area contributed by atoms with E-state index in [1.165, 1.54) is 59.5 Å². The van der Waals surface area contributed by atoms with E-state index in [2.05, 4.69) is 0 Å². The molecule has 1 amide bonds. The lowest BCUT2D eigenvalue weighted by Crippen LogP contribution is -3.15. The number of carbonyl (C=O) groups is 1. The lowest BCUT2D eigenvalue weighted by Gasteiger charge is -2.39. The summed E-state index contributed by atoms with van der Waals surface area (Å²) < 4.78 is 40.7. The minimum atomic E-state index is -3.87. The van der Waals surface area contributed by atoms with Crippen LogP contribution in [0.3, 0.4) is 0 Å². The number of benzene rings is 1. The van der Waals surface area contributed by atoms with Crippen molar-refractivity contribution in [3.63, 3.8) is 0 Å². The maximum absolute atomic E-state index is 14.0. The molecule has 29 heavy (non-hydrogen) atoms. The van der Waals surface area contributed by atoms with Crippen LogP contribution in [-0.2, 0) is 14.8 Å². The number of nitrogens with zero attached hydrogens (tertiary/aromatic N) is 2. The number of amides is 1. The Hall–Kier alpha value is -1.51. The molecule has 8 heteroatoms. The number of piperazine rings is 1. The molecule has 0 radical (unpaired) electrons. The van der Waals surface area contributed by atoms with E-state index >= 15 is 0 Å². The summed E-state index contributed by atoms with van der Waals surface area (Å²) in [4.78, 5) is 15.6. The van der Waals surface area contributed by atoms with Gasteiger partial charge in [0.1, 0.15) is 10.7 Å². The molecule has 1 aliphatic carbocycles. The third kappa shape index (κ3) is 4.49. The zero-order valence-corrected chi connectivity index (χ0v) is 17.7. The zero-order valence-electron chi connectivity index (χ0n) is 16.9. The molecule has 3 fully saturated rings. The number of likely N-dealkylation sites (tertiary alicyclic amines) is 1. The van der Waals surface area contributed by atoms with Gasteiger partial charge in [-0.05, 0) is 37.3 Å². The highest BCUT2D eigenvalue weighted by Gasteiger charge is 2.36. The van der Waals surface area contributed by atoms with Gasteiger partial charge in [0.05, 0.1) is 13.1 Å². The Morgan fingerprint density at radius 2 is 1.72 bits per heavy atom. The van der Waals surface area contributed by atoms with Crippen LogP contribution >= 0.6 is 0 Å². The van der Waals surface area contributed by atoms with Crippen molar-refractivity contribution in [2.45, 2.75) is 37.0 Å². The Kier molecular flexibility index (Phi) is 6.22. The van der Waals surface area contributed by atoms with Crippen molar-refractivity contribution in [1.82, 2.24) is 9.21 Å². The molecule has 1 N–H and O–H groups in total. The molecule has 0 bridgehead atoms. The maximum Gasteiger partial charge on any atom is 0.277 e. The predicted molar refractivity (Wildman–Crippen MR) is 107 cm³/mol. The minimum Gasteiger partial charge on any atom is -0.335 e. The first kappa shape index (κ1) is 20.8. The third-order valence-electron chi connectivity index (χ3n) is 6.93. The summed E-state index contributed by atoms with van der Waals surface area (Å²) >= 11 is 0. The molecule has 2 saturated heterocycles. The molecule has 6 nitrogen and oxygen atoms in total. The second-order valence-electron chi connectivity index (χ2n) is 8.69. The smallest absolute Gasteiger partial charge is 0.277 e. The first-order valence-electron chi connectivity index (χ1n) is 10.8. The summed E-state index contributed by atoms with van der Waals surface area (Å²) in [6.45, 7) is 3.82. The number of halogens is 1. The summed E-state index contributed by atoms with van der Waals surface area (Å²) in [5.41, 5.74) is 0. The highest BCUT2D eigenvalue weighted by molar-refractivity contribution is 7.89. The molecule has 1 unspecified atom stereocenters. The molecule has 1 aromatic rings. The number of piperidine rings is 1. The van der Waals surface area contributed by atoms with E-state index in [1.807, 2.05) is 0 Å². The molecule has 160 valence electrons. The van der Waals surface area contributed by atoms with Gasteiger partial charge in [-0.3, -0.25) is 4.79 Å². The Balaban J connectivity index is 1.30. The Labute approximate surface area is 172 Å². The number of carbonyl (C=O) groups excluding carboxylic acids is 1. The fourth-order valence-electron chi connectivity index (χ4n) is 5.25. The van der Waals surface area contributed by atoms with E-state index in [4.69, 9.17) is 0 Å². The van der Waals surface area contributed by atoms with Crippen LogP contribution in [0.2, 0.25) is 0 Å². The van der Waals surface area contributed by atoms with Crippen LogP contribution in [0, 0.1) is 17.7 Å². The van der Waals surface area contributed by atoms with Gasteiger partial charge in [0.2, 0.25) is 10.0 Å². The number of nitrogens with one attached hydrogen (secondary N) is 1. The van der Waals surface area contributed by atoms with E-state index in [0.29, 0.717) is 19.6 Å². The van der Waals surface area contributed by atoms with Crippen LogP contribution in [0.1, 0.15) is 32.1 Å². The molecular formula is C21H31FN3O3S+. The average Bonchev–Trinajstić information content (AvgIpc) is 2.74. The van der Waals surface area contributed by atoms with Crippen LogP contribution in [0.15, 0.2) is 29.2 Å². The fraction of sp³-hybridized carbons (Fsp3) is 0.667. The van der Waals surface area contributed by atoms with Gasteiger partial charge in [-0.1, -0.05) is 25.0 Å². The molecule has 0 aromatic heterocycles. The maximum atomic E-state index is 14.0. The lowest BCUT2D eigenvalue weighted by molar-refractivity contribution is -0.903. The molecular weight excluding hydrogens is 393 g/mol. The normalized spacial score (nSPS) is 28.7. The number of sulfonamides is 1. The summed E-state index contributed by atoms with van der Waals surface area (Å²) in [6.07, 6.45) is 6.55. The molecule has 1 saturated carbocycles. The summed E-state index contributed by atoms with van der Waals surface area (Å²) in [7, 11) is -3.87. The van der Waals surface area contributed by atoms with Crippen molar-refractivity contribution in [3.8, 4) is 0 Å². The predicted octanol–water partition coefficient (Wildman–Crippen LogP) is 0.754. The number of hydrogen-bond acceptors (Lipinski definition) is 3. The molecule has 2 aliphatic heterocycles. The number of fused-ring (bicyclic) bond motifs is 1. The van der Waals surface area contributed by atoms with Crippen LogP contribution in [0.4, 0.5) is 4.39 Å². The standard InChI is InChI=1S/C21H30FN3O3S/c22-19-7-3-4-8-20(19)29(27,28)25-13-11-24(12-14-25)21(26)16-23-10-9-17-5-1-2-6-18(17)15-23/h3-4,7-8,17-18H,1-2,5-6,9-16H2/p+1/t17-,18+/m0/s1. The van der Waals surface area contributed by atoms with Crippen molar-refractivity contribution in [3.05, 3.63) is 30.1 Å². The molecule has 4 rings (SSSR count). The second kappa shape index (κ2) is 8.70. The van der Waals surface area contributed by atoms with E-state index in [-0.39, 0.29) is 23.9 Å². The second-order valence-corrected chi connectivity index (χ2v) is 10.6. The highest BCUT2D eigenvalue weighted by atomic mass is 32.2. The molecule has 1 aromatic carbocycles. The van der Waals surface area contributed by atoms with Gasteiger partial charge in [-0.2, -0.15) is 4.31 Å². The van der Waals surface area contributed by atoms with E-state index in [0.717, 1.165) is 31.0 Å². The van der Waals surface area contributed by atoms with Crippen molar-refractivity contribution >= 4 is 15.9 Å². The van der Waals surface area contributed by atoms with Crippen molar-refractivity contribution in [2.24, 2.45) is 11.8 Å². The van der Waals surface area contributed by atoms with E-state index in [1.54, 1.807) is 4.90 Å². The number of rotatable bonds is 4. The van der Waals surface area contributed by atoms with Gasteiger partial charge >= 0.3 is 0 Å². The van der Waals surface area contributed by atoms with Crippen LogP contribution in [0.25, 0.3) is 0 Å². The molecule has 3 aliphatic rings. The van der Waals surface area contributed by atoms with Crippen LogP contribution in [-0.4, -0.2) is 69.3 Å². The zero-order chi connectivity index (χ0) is 20.4. The van der Waals surface area contributed by atoms with E-state index in [9.17, 15) is 17.6 Å². The van der Waals surface area contributed by atoms with Crippen molar-refractivity contribution < 1.29 is 22.5 Å². The topological polar surface area (TPSA) is 62.1 Å². The highest BCUT2D eigenvalue weighted by Crippen LogP contribution is 2.32. The fourth-order valence-corrected chi connectivity index (χ4v) is 6.74. The summed E-state index contributed by atoms with van der Waals surface area (Å²) in [5, 5.41) is 0. The largest absolute Gasteiger partial charge is 0.335 e. The lowest BCUT2D eigenvalue weighted by atomic mass is 9.75. The Morgan fingerprint density at radius 3 is 2.45 bits per heavy atom. The molecule has 2 heterocycles. The van der Waals surface area contributed by atoms with Gasteiger partial charge in [0, 0.05) is 32.1 Å². The monoisotopic (exact) mass is 424 g/mol. The average molecular weight is 425 g/mol. The van der Waals surface area contributed by atoms with Crippen LogP contribution < -0.4 is 4.90 Å².